The van der Waals surface area contributed by atoms with E-state index in [4.69, 9.17) is 39.9 Å². The van der Waals surface area contributed by atoms with Crippen LogP contribution in [-0.4, -0.2) is 96.4 Å². The summed E-state index contributed by atoms with van der Waals surface area (Å²) in [5.74, 6) is 0.984. The molecule has 248 valence electrons. The summed E-state index contributed by atoms with van der Waals surface area (Å²) in [6.07, 6.45) is 18.5. The molecule has 0 saturated carbocycles. The molecule has 4 aliphatic rings. The van der Waals surface area contributed by atoms with Crippen LogP contribution in [0.1, 0.15) is 57.8 Å². The summed E-state index contributed by atoms with van der Waals surface area (Å²) in [5.41, 5.74) is 0. The Kier molecular flexibility index (Phi) is 48.2. The maximum atomic E-state index is 8.36. The molecule has 0 aromatic rings. The van der Waals surface area contributed by atoms with Crippen LogP contribution in [0.5, 0.6) is 0 Å². The molecule has 0 amide bonds. The van der Waals surface area contributed by atoms with Crippen LogP contribution in [0.2, 0.25) is 0 Å². The molecule has 2 radical (unpaired) electrons. The number of nitrogens with one attached hydrogen (secondary N) is 2. The molecule has 4 aliphatic heterocycles. The predicted molar refractivity (Wildman–Crippen MR) is 150 cm³/mol. The van der Waals surface area contributed by atoms with Crippen LogP contribution >= 0.6 is 0 Å². The average Bonchev–Trinajstić information content (AvgIpc) is 2.93. The fourth-order valence-corrected chi connectivity index (χ4v) is 3.66. The largest absolute Gasteiger partial charge is 2.00 e. The molecular formula is C24H47Cu2N6O9+. The standard InChI is InChI=1S/C10H19N3.C10H15N3.CH4O2.3CH2O2.2Cu.H2O/c2*1-3-7-11-9(5-1)13-10-6-2-4-8-12-10;4*2-1-3;;;/h9-10,13H,1-8H2;1,3,5,10,13H,2,4,6-8H2;2-3H,1H2;3*1H,(H,2,3);;;1H2/q2*-2;;;;;2*+2;/p+1. The van der Waals surface area contributed by atoms with Crippen LogP contribution in [0.4, 0.5) is 0 Å². The Morgan fingerprint density at radius 2 is 1.10 bits per heavy atom. The van der Waals surface area contributed by atoms with Crippen molar-refractivity contribution in [2.24, 2.45) is 0 Å². The second-order valence-electron chi connectivity index (χ2n) is 7.84. The van der Waals surface area contributed by atoms with Crippen LogP contribution in [-0.2, 0) is 54.0 Å². The molecule has 4 heterocycles. The number of rotatable bonds is 4. The first-order valence-electron chi connectivity index (χ1n) is 12.6. The molecule has 17 heteroatoms. The molecule has 3 unspecified atom stereocenters. The Balaban J connectivity index is -0.000000145. The minimum absolute atomic E-state index is 0. The van der Waals surface area contributed by atoms with Crippen LogP contribution in [0.25, 0.3) is 21.3 Å². The Bertz CT molecular complexity index is 578. The average molecular weight is 691 g/mol. The number of carbonyl (C=O) groups is 3. The number of allylic oxidation sites excluding steroid dienone is 2. The number of aliphatic hydroxyl groups is 2. The van der Waals surface area contributed by atoms with Gasteiger partial charge >= 0.3 is 34.1 Å². The van der Waals surface area contributed by atoms with Gasteiger partial charge in [-0.3, -0.25) is 14.4 Å². The SMILES string of the molecule is C1=CC[N-]C(NC2CCCC[N-]2)=C1.C1CCC(NC2CCCC[N-]2)[N-]C1.O=CO.O=CO.O=CO.OCO.[Cu+2].[Cu+2].[OH3+]. The number of aliphatic hydroxyl groups excluding tert-OH is 1. The van der Waals surface area contributed by atoms with E-state index in [9.17, 15) is 0 Å². The fourth-order valence-electron chi connectivity index (χ4n) is 3.66. The van der Waals surface area contributed by atoms with E-state index in [-0.39, 0.29) is 59.0 Å². The monoisotopic (exact) mass is 689 g/mol. The molecule has 0 aliphatic carbocycles. The van der Waals surface area contributed by atoms with Gasteiger partial charge in [-0.15, -0.1) is 25.8 Å². The van der Waals surface area contributed by atoms with Crippen molar-refractivity contribution in [3.05, 3.63) is 45.3 Å². The molecule has 10 N–H and O–H groups in total. The Morgan fingerprint density at radius 3 is 1.39 bits per heavy atom. The smallest absolute Gasteiger partial charge is 0.660 e. The van der Waals surface area contributed by atoms with Gasteiger partial charge in [0.15, 0.2) is 0 Å². The normalized spacial score (nSPS) is 21.5. The Labute approximate surface area is 263 Å². The van der Waals surface area contributed by atoms with Gasteiger partial charge in [-0.05, 0) is 6.54 Å². The second-order valence-corrected chi connectivity index (χ2v) is 7.84. The molecule has 0 spiro atoms. The van der Waals surface area contributed by atoms with Gasteiger partial charge in [-0.2, -0.15) is 0 Å². The van der Waals surface area contributed by atoms with E-state index in [1.54, 1.807) is 0 Å². The summed E-state index contributed by atoms with van der Waals surface area (Å²) in [7, 11) is 0. The first-order chi connectivity index (χ1) is 18.6. The van der Waals surface area contributed by atoms with Crippen molar-refractivity contribution in [2.45, 2.75) is 76.3 Å². The number of carboxylic acid groups (broad SMARTS) is 3. The summed E-state index contributed by atoms with van der Waals surface area (Å²) < 4.78 is 0. The van der Waals surface area contributed by atoms with Gasteiger partial charge < -0.3 is 62.9 Å². The first kappa shape index (κ1) is 49.0. The van der Waals surface area contributed by atoms with Gasteiger partial charge in [0.25, 0.3) is 19.4 Å². The minimum Gasteiger partial charge on any atom is -0.660 e. The van der Waals surface area contributed by atoms with Crippen molar-refractivity contribution in [2.75, 3.05) is 33.0 Å². The minimum atomic E-state index is -0.750. The molecular weight excluding hydrogens is 643 g/mol. The van der Waals surface area contributed by atoms with E-state index in [2.05, 4.69) is 31.9 Å². The molecule has 3 fully saturated rings. The van der Waals surface area contributed by atoms with Crippen LogP contribution in [0, 0.1) is 0 Å². The van der Waals surface area contributed by atoms with Crippen molar-refractivity contribution in [3.8, 4) is 0 Å². The van der Waals surface area contributed by atoms with Crippen LogP contribution < -0.4 is 10.6 Å². The van der Waals surface area contributed by atoms with E-state index >= 15 is 0 Å². The predicted octanol–water partition coefficient (Wildman–Crippen LogP) is 1.69. The maximum absolute atomic E-state index is 8.36. The van der Waals surface area contributed by atoms with Gasteiger partial charge in [0.2, 0.25) is 0 Å². The summed E-state index contributed by atoms with van der Waals surface area (Å²) in [5, 5.41) is 59.7. The summed E-state index contributed by atoms with van der Waals surface area (Å²) in [6, 6.07) is 0. The number of piperidine rings is 3. The number of hydrogen-bond acceptors (Lipinski definition) is 7. The van der Waals surface area contributed by atoms with Gasteiger partial charge in [0.1, 0.15) is 6.79 Å². The summed E-state index contributed by atoms with van der Waals surface area (Å²) >= 11 is 0. The number of hydrogen-bond donors (Lipinski definition) is 7. The third kappa shape index (κ3) is 34.4. The van der Waals surface area contributed by atoms with E-state index in [1.807, 2.05) is 18.2 Å². The van der Waals surface area contributed by atoms with E-state index in [0.717, 1.165) is 38.4 Å². The molecule has 41 heavy (non-hydrogen) atoms. The Morgan fingerprint density at radius 1 is 0.732 bits per heavy atom. The Hall–Kier alpha value is -1.75. The van der Waals surface area contributed by atoms with Crippen molar-refractivity contribution >= 4 is 19.4 Å². The molecule has 3 atom stereocenters. The molecule has 0 aromatic heterocycles. The second kappa shape index (κ2) is 40.4. The fraction of sp³-hybridized carbons (Fsp3) is 0.708. The van der Waals surface area contributed by atoms with Crippen molar-refractivity contribution in [3.63, 3.8) is 0 Å². The topological polar surface area (TPSA) is 266 Å². The van der Waals surface area contributed by atoms with Crippen molar-refractivity contribution in [1.82, 2.24) is 10.6 Å². The molecule has 0 aromatic carbocycles. The molecule has 4 rings (SSSR count). The summed E-state index contributed by atoms with van der Waals surface area (Å²) in [4.78, 5) is 25.1. The third-order valence-electron chi connectivity index (χ3n) is 5.16. The zero-order valence-corrected chi connectivity index (χ0v) is 24.9. The quantitative estimate of drug-likeness (QED) is 0.0971. The molecule has 15 nitrogen and oxygen atoms in total. The third-order valence-corrected chi connectivity index (χ3v) is 5.16. The zero-order chi connectivity index (χ0) is 28.7. The van der Waals surface area contributed by atoms with Gasteiger partial charge in [-0.25, -0.2) is 0 Å². The first-order valence-corrected chi connectivity index (χ1v) is 12.6. The van der Waals surface area contributed by atoms with Crippen molar-refractivity contribution < 1.29 is 79.5 Å². The van der Waals surface area contributed by atoms with Gasteiger partial charge in [0, 0.05) is 0 Å². The summed E-state index contributed by atoms with van der Waals surface area (Å²) in [6.45, 7) is 2.39. The van der Waals surface area contributed by atoms with Gasteiger partial charge in [0.05, 0.1) is 0 Å². The zero-order valence-electron chi connectivity index (χ0n) is 23.0. The van der Waals surface area contributed by atoms with Crippen molar-refractivity contribution in [1.29, 1.82) is 0 Å². The maximum Gasteiger partial charge on any atom is 2.00 e. The van der Waals surface area contributed by atoms with Crippen LogP contribution in [0.15, 0.2) is 24.0 Å². The van der Waals surface area contributed by atoms with Gasteiger partial charge in [-0.1, -0.05) is 94.2 Å². The number of nitrogens with zero attached hydrogens (tertiary/aromatic N) is 4. The van der Waals surface area contributed by atoms with E-state index in [0.29, 0.717) is 18.5 Å². The molecule has 0 bridgehead atoms. The van der Waals surface area contributed by atoms with E-state index < -0.39 is 6.79 Å². The molecule has 3 saturated heterocycles. The van der Waals surface area contributed by atoms with Crippen LogP contribution in [0.3, 0.4) is 0 Å². The van der Waals surface area contributed by atoms with E-state index in [1.165, 1.54) is 51.4 Å².